The van der Waals surface area contributed by atoms with Gasteiger partial charge in [0.05, 0.1) is 10.9 Å². The van der Waals surface area contributed by atoms with Crippen molar-refractivity contribution in [2.75, 3.05) is 12.4 Å². The highest BCUT2D eigenvalue weighted by Crippen LogP contribution is 2.47. The number of carbonyl (C=O) groups excluding carboxylic acids is 3. The van der Waals surface area contributed by atoms with Crippen LogP contribution in [0.25, 0.3) is 0 Å². The number of hydrogen-bond donors (Lipinski definition) is 0. The van der Waals surface area contributed by atoms with E-state index in [9.17, 15) is 14.4 Å². The van der Waals surface area contributed by atoms with Crippen molar-refractivity contribution in [1.82, 2.24) is 9.88 Å². The predicted octanol–water partition coefficient (Wildman–Crippen LogP) is 4.94. The molecule has 1 aromatic heterocycles. The Morgan fingerprint density at radius 3 is 2.52 bits per heavy atom. The molecular weight excluding hydrogens is 436 g/mol. The number of amides is 1. The average Bonchev–Trinajstić information content (AvgIpc) is 3.29. The Kier molecular flexibility index (Phi) is 6.76. The molecule has 2 aromatic rings. The van der Waals surface area contributed by atoms with Gasteiger partial charge < -0.3 is 9.47 Å². The first-order chi connectivity index (χ1) is 14.5. The van der Waals surface area contributed by atoms with Gasteiger partial charge in [0.1, 0.15) is 10.6 Å². The van der Waals surface area contributed by atoms with E-state index in [1.807, 2.05) is 40.7 Å². The third-order valence-electron chi connectivity index (χ3n) is 4.52. The summed E-state index contributed by atoms with van der Waals surface area (Å²) in [6, 6.07) is 8.33. The van der Waals surface area contributed by atoms with E-state index < -0.39 is 22.5 Å². The van der Waals surface area contributed by atoms with Crippen molar-refractivity contribution < 1.29 is 23.9 Å². The molecule has 0 saturated carbocycles. The molecule has 1 amide bonds. The van der Waals surface area contributed by atoms with Crippen LogP contribution in [0.4, 0.5) is 4.79 Å². The number of Topliss-reactive ketones (excluding diaryl/α,β-unsaturated/α-hetero) is 1. The van der Waals surface area contributed by atoms with Gasteiger partial charge in [-0.2, -0.15) is 0 Å². The Morgan fingerprint density at radius 2 is 1.87 bits per heavy atom. The van der Waals surface area contributed by atoms with E-state index in [4.69, 9.17) is 9.47 Å². The minimum Gasteiger partial charge on any atom is -0.453 e. The molecule has 0 unspecified atom stereocenters. The molecule has 31 heavy (non-hydrogen) atoms. The van der Waals surface area contributed by atoms with Crippen LogP contribution in [0.3, 0.4) is 0 Å². The molecule has 1 aliphatic heterocycles. The molecule has 1 atom stereocenters. The van der Waals surface area contributed by atoms with Crippen LogP contribution in [0.5, 0.6) is 0 Å². The van der Waals surface area contributed by atoms with E-state index in [0.717, 1.165) is 0 Å². The molecule has 0 N–H and O–H groups in total. The van der Waals surface area contributed by atoms with Gasteiger partial charge in [0.25, 0.3) is 0 Å². The van der Waals surface area contributed by atoms with Gasteiger partial charge in [-0.25, -0.2) is 14.6 Å². The van der Waals surface area contributed by atoms with Gasteiger partial charge in [-0.15, -0.1) is 23.1 Å². The lowest BCUT2D eigenvalue weighted by molar-refractivity contribution is 0.00948. The first-order valence-corrected chi connectivity index (χ1v) is 11.7. The summed E-state index contributed by atoms with van der Waals surface area (Å²) in [5, 5.41) is 2.22. The van der Waals surface area contributed by atoms with Gasteiger partial charge in [-0.1, -0.05) is 30.3 Å². The topological polar surface area (TPSA) is 85.8 Å². The van der Waals surface area contributed by atoms with E-state index in [2.05, 4.69) is 4.98 Å². The van der Waals surface area contributed by atoms with Crippen LogP contribution < -0.4 is 0 Å². The van der Waals surface area contributed by atoms with E-state index in [-0.39, 0.29) is 24.1 Å². The number of nitrogens with zero attached hydrogens (tertiary/aromatic N) is 2. The van der Waals surface area contributed by atoms with Gasteiger partial charge in [0, 0.05) is 16.7 Å². The minimum absolute atomic E-state index is 0.125. The normalized spacial score (nSPS) is 18.0. The number of hydrogen-bond acceptors (Lipinski definition) is 8. The summed E-state index contributed by atoms with van der Waals surface area (Å²) in [6.45, 7) is 9.03. The first kappa shape index (κ1) is 23.3. The molecule has 0 radical (unpaired) electrons. The van der Waals surface area contributed by atoms with Crippen molar-refractivity contribution >= 4 is 40.9 Å². The summed E-state index contributed by atoms with van der Waals surface area (Å²) in [5.74, 6) is -0.309. The highest BCUT2D eigenvalue weighted by atomic mass is 32.2. The molecule has 1 fully saturated rings. The Bertz CT molecular complexity index is 966. The third kappa shape index (κ3) is 5.65. The monoisotopic (exact) mass is 462 g/mol. The second kappa shape index (κ2) is 9.00. The molecule has 166 valence electrons. The number of thioether (sulfide) groups is 1. The number of aromatic nitrogens is 1. The first-order valence-electron chi connectivity index (χ1n) is 9.85. The van der Waals surface area contributed by atoms with Crippen molar-refractivity contribution in [3.8, 4) is 0 Å². The fourth-order valence-electron chi connectivity index (χ4n) is 3.09. The third-order valence-corrected chi connectivity index (χ3v) is 6.85. The SMILES string of the molecule is CC(C)(C)OC(=O)N1[C@@H](c2nc(C(=O)OCC(=O)c3ccccc3)cs2)CSC1(C)C. The van der Waals surface area contributed by atoms with Gasteiger partial charge in [0.15, 0.2) is 18.1 Å². The van der Waals surface area contributed by atoms with Gasteiger partial charge in [-0.3, -0.25) is 9.69 Å². The maximum atomic E-state index is 12.9. The van der Waals surface area contributed by atoms with Crippen LogP contribution in [0.15, 0.2) is 35.7 Å². The Labute approximate surface area is 190 Å². The number of ether oxygens (including phenoxy) is 2. The lowest BCUT2D eigenvalue weighted by atomic mass is 10.1. The Morgan fingerprint density at radius 1 is 1.19 bits per heavy atom. The number of rotatable bonds is 5. The fourth-order valence-corrected chi connectivity index (χ4v) is 5.29. The molecule has 3 rings (SSSR count). The van der Waals surface area contributed by atoms with Gasteiger partial charge in [-0.05, 0) is 34.6 Å². The predicted molar refractivity (Wildman–Crippen MR) is 121 cm³/mol. The van der Waals surface area contributed by atoms with Crippen LogP contribution in [-0.2, 0) is 9.47 Å². The van der Waals surface area contributed by atoms with Gasteiger partial charge >= 0.3 is 12.1 Å². The molecule has 1 aliphatic rings. The standard InChI is InChI=1S/C22H26N2O5S2/c1-21(2,3)29-20(27)24-16(13-31-22(24,4)5)18-23-15(12-30-18)19(26)28-11-17(25)14-9-7-6-8-10-14/h6-10,12,16H,11,13H2,1-5H3/t16-/m1/s1. The largest absolute Gasteiger partial charge is 0.453 e. The summed E-state index contributed by atoms with van der Waals surface area (Å²) in [6.07, 6.45) is -0.416. The number of ketones is 1. The minimum atomic E-state index is -0.666. The molecule has 1 aromatic carbocycles. The second-order valence-corrected chi connectivity index (χ2v) is 11.1. The molecule has 9 heteroatoms. The lowest BCUT2D eigenvalue weighted by Gasteiger charge is -2.35. The van der Waals surface area contributed by atoms with Crippen molar-refractivity contribution in [3.63, 3.8) is 0 Å². The zero-order valence-corrected chi connectivity index (χ0v) is 19.8. The van der Waals surface area contributed by atoms with E-state index in [1.165, 1.54) is 11.3 Å². The molecule has 1 saturated heterocycles. The fraction of sp³-hybridized carbons (Fsp3) is 0.455. The van der Waals surface area contributed by atoms with Crippen LogP contribution in [-0.4, -0.2) is 50.6 Å². The molecule has 2 heterocycles. The summed E-state index contributed by atoms with van der Waals surface area (Å²) >= 11 is 2.91. The van der Waals surface area contributed by atoms with Crippen molar-refractivity contribution in [1.29, 1.82) is 0 Å². The van der Waals surface area contributed by atoms with Crippen molar-refractivity contribution in [2.45, 2.75) is 51.1 Å². The zero-order chi connectivity index (χ0) is 22.8. The lowest BCUT2D eigenvalue weighted by Crippen LogP contribution is -2.45. The molecule has 0 bridgehead atoms. The van der Waals surface area contributed by atoms with Crippen LogP contribution in [0.1, 0.15) is 66.5 Å². The zero-order valence-electron chi connectivity index (χ0n) is 18.2. The summed E-state index contributed by atoms with van der Waals surface area (Å²) < 4.78 is 10.7. The summed E-state index contributed by atoms with van der Waals surface area (Å²) in [4.78, 5) is 43.0. The summed E-state index contributed by atoms with van der Waals surface area (Å²) in [7, 11) is 0. The highest BCUT2D eigenvalue weighted by molar-refractivity contribution is 8.00. The second-order valence-electron chi connectivity index (χ2n) is 8.56. The van der Waals surface area contributed by atoms with Gasteiger partial charge in [0.2, 0.25) is 0 Å². The van der Waals surface area contributed by atoms with E-state index >= 15 is 0 Å². The van der Waals surface area contributed by atoms with Crippen LogP contribution >= 0.6 is 23.1 Å². The number of esters is 1. The molecule has 7 nitrogen and oxygen atoms in total. The number of thiazole rings is 1. The van der Waals surface area contributed by atoms with Crippen LogP contribution in [0, 0.1) is 0 Å². The molecule has 0 spiro atoms. The van der Waals surface area contributed by atoms with Crippen molar-refractivity contribution in [3.05, 3.63) is 52.0 Å². The maximum absolute atomic E-state index is 12.9. The average molecular weight is 463 g/mol. The van der Waals surface area contributed by atoms with Crippen molar-refractivity contribution in [2.24, 2.45) is 0 Å². The molecular formula is C22H26N2O5S2. The van der Waals surface area contributed by atoms with E-state index in [0.29, 0.717) is 16.3 Å². The number of benzene rings is 1. The maximum Gasteiger partial charge on any atom is 0.412 e. The highest BCUT2D eigenvalue weighted by Gasteiger charge is 2.47. The Hall–Kier alpha value is -2.39. The quantitative estimate of drug-likeness (QED) is 0.459. The van der Waals surface area contributed by atoms with E-state index in [1.54, 1.807) is 46.3 Å². The smallest absolute Gasteiger partial charge is 0.412 e. The Balaban J connectivity index is 1.69. The summed E-state index contributed by atoms with van der Waals surface area (Å²) in [5.41, 5.74) is -0.0131. The molecule has 0 aliphatic carbocycles. The number of carbonyl (C=O) groups is 3. The van der Waals surface area contributed by atoms with Crippen LogP contribution in [0.2, 0.25) is 0 Å².